The molecule has 0 atom stereocenters. The molecule has 3 heterocycles. The molecule has 0 aliphatic carbocycles. The molecule has 0 aliphatic rings. The van der Waals surface area contributed by atoms with Gasteiger partial charge in [0.25, 0.3) is 0 Å². The van der Waals surface area contributed by atoms with Crippen molar-refractivity contribution in [2.45, 2.75) is 6.92 Å². The van der Waals surface area contributed by atoms with Gasteiger partial charge in [-0.15, -0.1) is 0 Å². The molecule has 0 saturated carbocycles. The molecule has 0 aliphatic heterocycles. The highest BCUT2D eigenvalue weighted by Gasteiger charge is 2.19. The number of hydrogen-bond acceptors (Lipinski definition) is 5. The average molecular weight is 350 g/mol. The minimum Gasteiger partial charge on any atom is -0.382 e. The summed E-state index contributed by atoms with van der Waals surface area (Å²) in [6.07, 6.45) is 1.67. The highest BCUT2D eigenvalue weighted by molar-refractivity contribution is 5.87. The molecule has 0 fully saturated rings. The van der Waals surface area contributed by atoms with Crippen molar-refractivity contribution in [2.75, 3.05) is 5.73 Å². The predicted molar refractivity (Wildman–Crippen MR) is 96.4 cm³/mol. The Morgan fingerprint density at radius 2 is 1.92 bits per heavy atom. The summed E-state index contributed by atoms with van der Waals surface area (Å²) in [6, 6.07) is 9.22. The first-order chi connectivity index (χ1) is 12.4. The van der Waals surface area contributed by atoms with Crippen LogP contribution in [0.25, 0.3) is 28.2 Å². The van der Waals surface area contributed by atoms with E-state index in [-0.39, 0.29) is 17.2 Å². The smallest absolute Gasteiger partial charge is 0.250 e. The van der Waals surface area contributed by atoms with E-state index < -0.39 is 0 Å². The van der Waals surface area contributed by atoms with Gasteiger partial charge in [-0.05, 0) is 25.1 Å². The van der Waals surface area contributed by atoms with Crippen molar-refractivity contribution in [1.82, 2.24) is 24.1 Å². The SMILES string of the molecule is Cc1nc(N)c2nc(-c3cccc(F)c3)n(-c3ccc(=O)n(C)c3)c2n1. The van der Waals surface area contributed by atoms with Gasteiger partial charge in [0, 0.05) is 24.9 Å². The Labute approximate surface area is 147 Å². The van der Waals surface area contributed by atoms with Crippen molar-refractivity contribution in [3.05, 3.63) is 64.6 Å². The van der Waals surface area contributed by atoms with Gasteiger partial charge >= 0.3 is 0 Å². The summed E-state index contributed by atoms with van der Waals surface area (Å²) >= 11 is 0. The largest absolute Gasteiger partial charge is 0.382 e. The van der Waals surface area contributed by atoms with E-state index >= 15 is 0 Å². The molecular weight excluding hydrogens is 335 g/mol. The van der Waals surface area contributed by atoms with E-state index in [9.17, 15) is 9.18 Å². The molecule has 0 unspecified atom stereocenters. The van der Waals surface area contributed by atoms with Gasteiger partial charge in [-0.25, -0.2) is 19.3 Å². The standard InChI is InChI=1S/C18H15FN6O/c1-10-21-16(20)15-18(22-10)25(13-6-7-14(26)24(2)9-13)17(23-15)11-4-3-5-12(19)8-11/h3-9H,1-2H3,(H2,20,21,22). The second kappa shape index (κ2) is 5.76. The van der Waals surface area contributed by atoms with Crippen molar-refractivity contribution < 1.29 is 4.39 Å². The van der Waals surface area contributed by atoms with Gasteiger partial charge in [-0.1, -0.05) is 12.1 Å². The zero-order valence-corrected chi connectivity index (χ0v) is 14.1. The summed E-state index contributed by atoms with van der Waals surface area (Å²) in [4.78, 5) is 24.9. The number of fused-ring (bicyclic) bond motifs is 1. The van der Waals surface area contributed by atoms with Crippen LogP contribution >= 0.6 is 0 Å². The number of halogens is 1. The number of imidazole rings is 1. The highest BCUT2D eigenvalue weighted by Crippen LogP contribution is 2.29. The lowest BCUT2D eigenvalue weighted by molar-refractivity contribution is 0.628. The number of benzene rings is 1. The lowest BCUT2D eigenvalue weighted by Gasteiger charge is -2.10. The van der Waals surface area contributed by atoms with Crippen LogP contribution in [-0.4, -0.2) is 24.1 Å². The predicted octanol–water partition coefficient (Wildman–Crippen LogP) is 2.21. The van der Waals surface area contributed by atoms with Gasteiger partial charge in [-0.2, -0.15) is 0 Å². The van der Waals surface area contributed by atoms with Crippen molar-refractivity contribution in [3.63, 3.8) is 0 Å². The Balaban J connectivity index is 2.12. The molecule has 0 spiro atoms. The fourth-order valence-electron chi connectivity index (χ4n) is 2.87. The van der Waals surface area contributed by atoms with E-state index in [2.05, 4.69) is 15.0 Å². The van der Waals surface area contributed by atoms with Crippen LogP contribution in [0, 0.1) is 12.7 Å². The van der Waals surface area contributed by atoms with Crippen LogP contribution in [0.1, 0.15) is 5.82 Å². The third-order valence-corrected chi connectivity index (χ3v) is 4.06. The maximum absolute atomic E-state index is 13.8. The summed E-state index contributed by atoms with van der Waals surface area (Å²) in [5.41, 5.74) is 8.02. The number of rotatable bonds is 2. The molecule has 3 aromatic heterocycles. The molecule has 26 heavy (non-hydrogen) atoms. The van der Waals surface area contributed by atoms with Crippen molar-refractivity contribution in [2.24, 2.45) is 7.05 Å². The Morgan fingerprint density at radius 1 is 1.12 bits per heavy atom. The number of nitrogen functional groups attached to an aromatic ring is 1. The quantitative estimate of drug-likeness (QED) is 0.598. The maximum Gasteiger partial charge on any atom is 0.250 e. The van der Waals surface area contributed by atoms with Crippen LogP contribution in [0.3, 0.4) is 0 Å². The fraction of sp³-hybridized carbons (Fsp3) is 0.111. The third kappa shape index (κ3) is 2.52. The zero-order valence-electron chi connectivity index (χ0n) is 14.1. The van der Waals surface area contributed by atoms with E-state index in [1.807, 2.05) is 0 Å². The molecule has 130 valence electrons. The summed E-state index contributed by atoms with van der Waals surface area (Å²) in [5, 5.41) is 0. The Kier molecular flexibility index (Phi) is 3.54. The number of hydrogen-bond donors (Lipinski definition) is 1. The Hall–Kier alpha value is -3.55. The van der Waals surface area contributed by atoms with Crippen LogP contribution < -0.4 is 11.3 Å². The normalized spacial score (nSPS) is 11.2. The highest BCUT2D eigenvalue weighted by atomic mass is 19.1. The minimum atomic E-state index is -0.378. The minimum absolute atomic E-state index is 0.143. The summed E-state index contributed by atoms with van der Waals surface area (Å²) in [5.74, 6) is 0.821. The first kappa shape index (κ1) is 15.9. The molecule has 4 aromatic rings. The number of nitrogens with zero attached hydrogens (tertiary/aromatic N) is 5. The first-order valence-corrected chi connectivity index (χ1v) is 7.89. The van der Waals surface area contributed by atoms with Gasteiger partial charge in [0.15, 0.2) is 17.0 Å². The first-order valence-electron chi connectivity index (χ1n) is 7.89. The van der Waals surface area contributed by atoms with Gasteiger partial charge in [-0.3, -0.25) is 9.36 Å². The Morgan fingerprint density at radius 3 is 2.65 bits per heavy atom. The Bertz CT molecular complexity index is 1210. The molecule has 0 amide bonds. The second-order valence-corrected chi connectivity index (χ2v) is 5.95. The summed E-state index contributed by atoms with van der Waals surface area (Å²) in [6.45, 7) is 1.73. The molecule has 0 saturated heterocycles. The lowest BCUT2D eigenvalue weighted by Crippen LogP contribution is -2.15. The van der Waals surface area contributed by atoms with Crippen molar-refractivity contribution in [3.8, 4) is 17.1 Å². The second-order valence-electron chi connectivity index (χ2n) is 5.95. The molecule has 7 nitrogen and oxygen atoms in total. The van der Waals surface area contributed by atoms with Crippen LogP contribution in [0.5, 0.6) is 0 Å². The molecule has 2 N–H and O–H groups in total. The lowest BCUT2D eigenvalue weighted by atomic mass is 10.2. The number of anilines is 1. The van der Waals surface area contributed by atoms with Crippen molar-refractivity contribution in [1.29, 1.82) is 0 Å². The van der Waals surface area contributed by atoms with E-state index in [0.29, 0.717) is 34.1 Å². The van der Waals surface area contributed by atoms with Gasteiger partial charge in [0.2, 0.25) is 5.56 Å². The van der Waals surface area contributed by atoms with E-state index in [4.69, 9.17) is 5.73 Å². The van der Waals surface area contributed by atoms with Gasteiger partial charge in [0.1, 0.15) is 17.5 Å². The van der Waals surface area contributed by atoms with Crippen molar-refractivity contribution >= 4 is 17.0 Å². The number of aryl methyl sites for hydroxylation is 2. The van der Waals surface area contributed by atoms with E-state index in [1.54, 1.807) is 42.9 Å². The van der Waals surface area contributed by atoms with E-state index in [0.717, 1.165) is 0 Å². The van der Waals surface area contributed by atoms with Crippen LogP contribution in [0.15, 0.2) is 47.4 Å². The van der Waals surface area contributed by atoms with E-state index in [1.165, 1.54) is 22.8 Å². The summed E-state index contributed by atoms with van der Waals surface area (Å²) in [7, 11) is 1.65. The van der Waals surface area contributed by atoms with Crippen LogP contribution in [0.2, 0.25) is 0 Å². The summed E-state index contributed by atoms with van der Waals surface area (Å²) < 4.78 is 17.0. The fourth-order valence-corrected chi connectivity index (χ4v) is 2.87. The molecule has 0 radical (unpaired) electrons. The van der Waals surface area contributed by atoms with Crippen LogP contribution in [-0.2, 0) is 7.05 Å². The monoisotopic (exact) mass is 350 g/mol. The maximum atomic E-state index is 13.8. The molecule has 8 heteroatoms. The molecule has 0 bridgehead atoms. The number of pyridine rings is 1. The van der Waals surface area contributed by atoms with Gasteiger partial charge < -0.3 is 10.3 Å². The molecular formula is C18H15FN6O. The number of nitrogens with two attached hydrogens (primary N) is 1. The average Bonchev–Trinajstić information content (AvgIpc) is 2.97. The zero-order chi connectivity index (χ0) is 18.4. The molecule has 4 rings (SSSR count). The van der Waals surface area contributed by atoms with Crippen LogP contribution in [0.4, 0.5) is 10.2 Å². The third-order valence-electron chi connectivity index (χ3n) is 4.06. The number of aromatic nitrogens is 5. The van der Waals surface area contributed by atoms with Gasteiger partial charge in [0.05, 0.1) is 5.69 Å². The topological polar surface area (TPSA) is 91.6 Å². The molecule has 1 aromatic carbocycles.